The van der Waals surface area contributed by atoms with Crippen LogP contribution in [-0.4, -0.2) is 59.0 Å². The molecule has 24 heavy (non-hydrogen) atoms. The molecule has 0 saturated carbocycles. The molecule has 1 heterocycles. The molecule has 0 unspecified atom stereocenters. The lowest BCUT2D eigenvalue weighted by Gasteiger charge is -2.35. The minimum Gasteiger partial charge on any atom is -0.478 e. The van der Waals surface area contributed by atoms with E-state index in [4.69, 9.17) is 5.11 Å². The molecule has 1 aliphatic rings. The number of nitro benzene ring substituents is 2. The van der Waals surface area contributed by atoms with E-state index in [-0.39, 0.29) is 11.7 Å². The van der Waals surface area contributed by atoms with Gasteiger partial charge in [-0.05, 0) is 33.0 Å². The lowest BCUT2D eigenvalue weighted by molar-refractivity contribution is -0.392. The smallest absolute Gasteiger partial charge is 0.336 e. The quantitative estimate of drug-likeness (QED) is 0.634. The largest absolute Gasteiger partial charge is 0.478 e. The second-order valence-corrected chi connectivity index (χ2v) is 5.83. The molecule has 10 nitrogen and oxygen atoms in total. The van der Waals surface area contributed by atoms with Crippen molar-refractivity contribution in [3.8, 4) is 0 Å². The zero-order valence-corrected chi connectivity index (χ0v) is 13.3. The number of likely N-dealkylation sites (tertiary alicyclic amines) is 1. The lowest BCUT2D eigenvalue weighted by Crippen LogP contribution is -2.42. The summed E-state index contributed by atoms with van der Waals surface area (Å²) in [7, 11) is 3.54. The van der Waals surface area contributed by atoms with Crippen molar-refractivity contribution in [3.05, 3.63) is 37.9 Å². The van der Waals surface area contributed by atoms with Crippen LogP contribution in [0.25, 0.3) is 0 Å². The van der Waals surface area contributed by atoms with Crippen LogP contribution in [-0.2, 0) is 0 Å². The van der Waals surface area contributed by atoms with Crippen molar-refractivity contribution >= 4 is 23.0 Å². The first kappa shape index (κ1) is 17.6. The number of rotatable bonds is 5. The molecule has 2 rings (SSSR count). The number of carbonyl (C=O) groups is 1. The Balaban J connectivity index is 2.55. The van der Waals surface area contributed by atoms with Gasteiger partial charge in [-0.2, -0.15) is 0 Å². The van der Waals surface area contributed by atoms with Crippen LogP contribution >= 0.6 is 0 Å². The number of nitrogens with zero attached hydrogens (tertiary/aromatic N) is 4. The molecule has 0 bridgehead atoms. The summed E-state index contributed by atoms with van der Waals surface area (Å²) in [5, 5.41) is 31.8. The Hall–Kier alpha value is -2.75. The fraction of sp³-hybridized carbons (Fsp3) is 0.500. The summed E-state index contributed by atoms with van der Waals surface area (Å²) in [6, 6.07) is 1.65. The monoisotopic (exact) mass is 338 g/mol. The zero-order chi connectivity index (χ0) is 18.0. The number of hydrogen-bond donors (Lipinski definition) is 1. The average Bonchev–Trinajstić information content (AvgIpc) is 2.53. The summed E-state index contributed by atoms with van der Waals surface area (Å²) in [5.74, 6) is -1.45. The van der Waals surface area contributed by atoms with Crippen molar-refractivity contribution in [1.82, 2.24) is 4.90 Å². The molecule has 10 heteroatoms. The highest BCUT2D eigenvalue weighted by Gasteiger charge is 2.34. The summed E-state index contributed by atoms with van der Waals surface area (Å²) < 4.78 is 0. The van der Waals surface area contributed by atoms with Gasteiger partial charge >= 0.3 is 17.3 Å². The van der Waals surface area contributed by atoms with Crippen molar-refractivity contribution in [3.63, 3.8) is 0 Å². The Kier molecular flexibility index (Phi) is 4.98. The molecule has 1 aliphatic heterocycles. The molecule has 0 aliphatic carbocycles. The number of benzene rings is 1. The maximum absolute atomic E-state index is 11.4. The fourth-order valence-electron chi connectivity index (χ4n) is 2.93. The van der Waals surface area contributed by atoms with Crippen LogP contribution in [0, 0.1) is 20.2 Å². The third kappa shape index (κ3) is 3.43. The van der Waals surface area contributed by atoms with Crippen LogP contribution in [0.15, 0.2) is 12.1 Å². The third-order valence-electron chi connectivity index (χ3n) is 4.30. The van der Waals surface area contributed by atoms with E-state index >= 15 is 0 Å². The fourth-order valence-corrected chi connectivity index (χ4v) is 2.93. The van der Waals surface area contributed by atoms with Gasteiger partial charge in [0.1, 0.15) is 0 Å². The summed E-state index contributed by atoms with van der Waals surface area (Å²) >= 11 is 0. The first-order valence-corrected chi connectivity index (χ1v) is 7.34. The molecule has 0 aromatic heterocycles. The Morgan fingerprint density at radius 2 is 1.67 bits per heavy atom. The highest BCUT2D eigenvalue weighted by molar-refractivity contribution is 5.92. The topological polar surface area (TPSA) is 130 Å². The van der Waals surface area contributed by atoms with Crippen molar-refractivity contribution < 1.29 is 19.7 Å². The van der Waals surface area contributed by atoms with Crippen molar-refractivity contribution in [2.75, 3.05) is 32.1 Å². The van der Waals surface area contributed by atoms with Crippen LogP contribution in [0.3, 0.4) is 0 Å². The van der Waals surface area contributed by atoms with E-state index in [0.29, 0.717) is 12.8 Å². The minimum absolute atomic E-state index is 0.0886. The third-order valence-corrected chi connectivity index (χ3v) is 4.30. The van der Waals surface area contributed by atoms with Crippen LogP contribution in [0.2, 0.25) is 0 Å². The maximum Gasteiger partial charge on any atom is 0.336 e. The Morgan fingerprint density at radius 3 is 2.04 bits per heavy atom. The number of anilines is 1. The van der Waals surface area contributed by atoms with Gasteiger partial charge in [0.15, 0.2) is 5.69 Å². The summed E-state index contributed by atoms with van der Waals surface area (Å²) in [5.41, 5.74) is -1.76. The number of aromatic carboxylic acids is 1. The summed E-state index contributed by atoms with van der Waals surface area (Å²) in [4.78, 5) is 35.9. The van der Waals surface area contributed by atoms with Crippen LogP contribution in [0.4, 0.5) is 17.1 Å². The lowest BCUT2D eigenvalue weighted by atomic mass is 10.0. The van der Waals surface area contributed by atoms with Crippen molar-refractivity contribution in [2.45, 2.75) is 18.9 Å². The molecule has 1 aromatic carbocycles. The highest BCUT2D eigenvalue weighted by atomic mass is 16.6. The van der Waals surface area contributed by atoms with Gasteiger partial charge in [0.25, 0.3) is 0 Å². The van der Waals surface area contributed by atoms with E-state index in [2.05, 4.69) is 4.90 Å². The highest BCUT2D eigenvalue weighted by Crippen LogP contribution is 2.40. The molecule has 1 fully saturated rings. The molecule has 0 radical (unpaired) electrons. The summed E-state index contributed by atoms with van der Waals surface area (Å²) in [6.07, 6.45) is 1.42. The minimum atomic E-state index is -1.45. The molecular formula is C14H18N4O6. The Morgan fingerprint density at radius 1 is 1.21 bits per heavy atom. The number of carboxylic acid groups (broad SMARTS) is 1. The van der Waals surface area contributed by atoms with Crippen LogP contribution < -0.4 is 4.90 Å². The van der Waals surface area contributed by atoms with E-state index in [9.17, 15) is 25.0 Å². The molecule has 1 saturated heterocycles. The van der Waals surface area contributed by atoms with Gasteiger partial charge in [0, 0.05) is 25.2 Å². The standard InChI is InChI=1S/C14H18N4O6/c1-15-5-3-10(4-6-15)16(2)13-11(17(21)22)7-9(14(19)20)8-12(13)18(23)24/h7-8,10H,3-6H2,1-2H3,(H,19,20). The van der Waals surface area contributed by atoms with Crippen LogP contribution in [0.5, 0.6) is 0 Å². The van der Waals surface area contributed by atoms with E-state index in [1.54, 1.807) is 7.05 Å². The number of nitro groups is 2. The van der Waals surface area contributed by atoms with Gasteiger partial charge in [-0.25, -0.2) is 4.79 Å². The van der Waals surface area contributed by atoms with E-state index in [1.165, 1.54) is 4.90 Å². The number of hydrogen-bond acceptors (Lipinski definition) is 7. The van der Waals surface area contributed by atoms with Gasteiger partial charge in [0.2, 0.25) is 0 Å². The number of carboxylic acids is 1. The van der Waals surface area contributed by atoms with Gasteiger partial charge in [-0.3, -0.25) is 20.2 Å². The van der Waals surface area contributed by atoms with E-state index < -0.39 is 32.8 Å². The van der Waals surface area contributed by atoms with Gasteiger partial charge in [-0.1, -0.05) is 0 Å². The second-order valence-electron chi connectivity index (χ2n) is 5.83. The molecule has 1 aromatic rings. The van der Waals surface area contributed by atoms with Crippen molar-refractivity contribution in [1.29, 1.82) is 0 Å². The predicted octanol–water partition coefficient (Wildman–Crippen LogP) is 1.73. The van der Waals surface area contributed by atoms with Gasteiger partial charge < -0.3 is 14.9 Å². The Bertz CT molecular complexity index is 649. The second kappa shape index (κ2) is 6.79. The molecule has 0 spiro atoms. The summed E-state index contributed by atoms with van der Waals surface area (Å²) in [6.45, 7) is 1.56. The predicted molar refractivity (Wildman–Crippen MR) is 85.6 cm³/mol. The Labute approximate surface area is 137 Å². The van der Waals surface area contributed by atoms with Gasteiger partial charge in [0.05, 0.1) is 15.4 Å². The molecule has 130 valence electrons. The molecular weight excluding hydrogens is 320 g/mol. The van der Waals surface area contributed by atoms with Crippen LogP contribution in [0.1, 0.15) is 23.2 Å². The normalized spacial score (nSPS) is 15.9. The maximum atomic E-state index is 11.4. The first-order valence-electron chi connectivity index (χ1n) is 7.34. The molecule has 0 amide bonds. The average molecular weight is 338 g/mol. The molecule has 0 atom stereocenters. The van der Waals surface area contributed by atoms with Crippen molar-refractivity contribution in [2.24, 2.45) is 0 Å². The SMILES string of the molecule is CN1CCC(N(C)c2c([N+](=O)[O-])cc(C(=O)O)cc2[N+](=O)[O-])CC1. The van der Waals surface area contributed by atoms with E-state index in [1.807, 2.05) is 7.05 Å². The zero-order valence-electron chi connectivity index (χ0n) is 13.3. The van der Waals surface area contributed by atoms with E-state index in [0.717, 1.165) is 25.2 Å². The van der Waals surface area contributed by atoms with Gasteiger partial charge in [-0.15, -0.1) is 0 Å². The molecule has 1 N–H and O–H groups in total. The first-order chi connectivity index (χ1) is 11.2. The number of piperidine rings is 1.